The molecule has 0 radical (unpaired) electrons. The van der Waals surface area contributed by atoms with Gasteiger partial charge in [-0.15, -0.1) is 0 Å². The van der Waals surface area contributed by atoms with Crippen molar-refractivity contribution in [2.75, 3.05) is 6.54 Å². The monoisotopic (exact) mass is 348 g/mol. The van der Waals surface area contributed by atoms with Crippen LogP contribution < -0.4 is 10.9 Å². The van der Waals surface area contributed by atoms with E-state index >= 15 is 0 Å². The van der Waals surface area contributed by atoms with E-state index in [9.17, 15) is 9.59 Å². The molecule has 2 heterocycles. The van der Waals surface area contributed by atoms with Crippen molar-refractivity contribution in [1.29, 1.82) is 0 Å². The van der Waals surface area contributed by atoms with Gasteiger partial charge >= 0.3 is 0 Å². The zero-order valence-corrected chi connectivity index (χ0v) is 15.1. The molecule has 0 saturated carbocycles. The second-order valence-electron chi connectivity index (χ2n) is 6.62. The number of rotatable bonds is 7. The zero-order valence-electron chi connectivity index (χ0n) is 15.1. The first-order valence-electron chi connectivity index (χ1n) is 9.05. The van der Waals surface area contributed by atoms with E-state index in [0.29, 0.717) is 13.0 Å². The maximum atomic E-state index is 12.1. The van der Waals surface area contributed by atoms with Gasteiger partial charge in [0.05, 0.1) is 6.54 Å². The van der Waals surface area contributed by atoms with Crippen molar-refractivity contribution in [3.05, 3.63) is 93.6 Å². The number of allylic oxidation sites excluding steroid dienone is 2. The van der Waals surface area contributed by atoms with E-state index in [0.717, 1.165) is 30.5 Å². The van der Waals surface area contributed by atoms with Crippen molar-refractivity contribution in [1.82, 2.24) is 9.88 Å². The number of hydrogen-bond donors (Lipinski definition) is 1. The molecule has 0 unspecified atom stereocenters. The van der Waals surface area contributed by atoms with Gasteiger partial charge in [0, 0.05) is 37.0 Å². The van der Waals surface area contributed by atoms with E-state index in [-0.39, 0.29) is 11.3 Å². The quantitative estimate of drug-likeness (QED) is 0.836. The van der Waals surface area contributed by atoms with Crippen molar-refractivity contribution in [2.24, 2.45) is 0 Å². The van der Waals surface area contributed by atoms with Crippen molar-refractivity contribution in [3.8, 4) is 0 Å². The topological polar surface area (TPSA) is 51.1 Å². The molecule has 0 fully saturated rings. The standard InChI is InChI=1S/C22H24N2O2/c1-2-5-21(25)20-13-19(14-23-15-20)12-17-7-9-18(10-8-17)16-24-11-4-3-6-22(24)26/h3-4,6-11,13,15,23H,2,5,12,14,16H2,1H3. The maximum absolute atomic E-state index is 12.1. The Morgan fingerprint density at radius 1 is 1.12 bits per heavy atom. The van der Waals surface area contributed by atoms with E-state index in [4.69, 9.17) is 0 Å². The summed E-state index contributed by atoms with van der Waals surface area (Å²) in [4.78, 5) is 23.9. The molecule has 134 valence electrons. The molecule has 1 N–H and O–H groups in total. The van der Waals surface area contributed by atoms with E-state index in [1.54, 1.807) is 22.9 Å². The van der Waals surface area contributed by atoms with Gasteiger partial charge in [-0.3, -0.25) is 9.59 Å². The lowest BCUT2D eigenvalue weighted by Crippen LogP contribution is -2.19. The molecular weight excluding hydrogens is 324 g/mol. The highest BCUT2D eigenvalue weighted by molar-refractivity contribution is 5.98. The summed E-state index contributed by atoms with van der Waals surface area (Å²) >= 11 is 0. The molecule has 0 spiro atoms. The average molecular weight is 348 g/mol. The summed E-state index contributed by atoms with van der Waals surface area (Å²) in [6.45, 7) is 3.36. The number of Topliss-reactive ketones (excluding diaryl/α,β-unsaturated/α-hetero) is 1. The van der Waals surface area contributed by atoms with Crippen LogP contribution in [-0.2, 0) is 17.8 Å². The zero-order chi connectivity index (χ0) is 18.4. The first kappa shape index (κ1) is 17.9. The molecule has 0 atom stereocenters. The van der Waals surface area contributed by atoms with E-state index in [2.05, 4.69) is 29.6 Å². The van der Waals surface area contributed by atoms with Gasteiger partial charge in [-0.05, 0) is 41.7 Å². The Hall–Kier alpha value is -2.88. The normalized spacial score (nSPS) is 13.6. The lowest BCUT2D eigenvalue weighted by Gasteiger charge is -2.15. The van der Waals surface area contributed by atoms with Gasteiger partial charge in [0.1, 0.15) is 0 Å². The summed E-state index contributed by atoms with van der Waals surface area (Å²) < 4.78 is 1.69. The molecule has 1 aromatic carbocycles. The first-order chi connectivity index (χ1) is 12.7. The van der Waals surface area contributed by atoms with Crippen LogP contribution in [0.3, 0.4) is 0 Å². The predicted molar refractivity (Wildman–Crippen MR) is 104 cm³/mol. The van der Waals surface area contributed by atoms with E-state index in [1.165, 1.54) is 11.1 Å². The van der Waals surface area contributed by atoms with Gasteiger partial charge in [0.2, 0.25) is 0 Å². The molecule has 26 heavy (non-hydrogen) atoms. The summed E-state index contributed by atoms with van der Waals surface area (Å²) in [5, 5.41) is 3.21. The SMILES string of the molecule is CCCC(=O)C1=CNCC(Cc2ccc(Cn3ccccc3=O)cc2)=C1. The Bertz CT molecular complexity index is 889. The third-order valence-electron chi connectivity index (χ3n) is 4.45. The van der Waals surface area contributed by atoms with Crippen LogP contribution >= 0.6 is 0 Å². The van der Waals surface area contributed by atoms with Crippen molar-refractivity contribution in [3.63, 3.8) is 0 Å². The number of ketones is 1. The second kappa shape index (κ2) is 8.48. The van der Waals surface area contributed by atoms with Crippen LogP contribution in [0.4, 0.5) is 0 Å². The predicted octanol–water partition coefficient (Wildman–Crippen LogP) is 3.22. The molecular formula is C22H24N2O2. The largest absolute Gasteiger partial charge is 0.387 e. The number of pyridine rings is 1. The Morgan fingerprint density at radius 2 is 1.88 bits per heavy atom. The summed E-state index contributed by atoms with van der Waals surface area (Å²) in [6, 6.07) is 13.5. The minimum absolute atomic E-state index is 0.00563. The maximum Gasteiger partial charge on any atom is 0.250 e. The number of hydrogen-bond acceptors (Lipinski definition) is 3. The third-order valence-corrected chi connectivity index (χ3v) is 4.45. The summed E-state index contributed by atoms with van der Waals surface area (Å²) in [7, 11) is 0. The van der Waals surface area contributed by atoms with Crippen LogP contribution in [0.1, 0.15) is 30.9 Å². The van der Waals surface area contributed by atoms with Crippen molar-refractivity contribution in [2.45, 2.75) is 32.7 Å². The lowest BCUT2D eigenvalue weighted by atomic mass is 9.97. The number of nitrogens with zero attached hydrogens (tertiary/aromatic N) is 1. The summed E-state index contributed by atoms with van der Waals surface area (Å²) in [6.07, 6.45) is 7.91. The Labute approximate surface area is 153 Å². The fourth-order valence-electron chi connectivity index (χ4n) is 3.06. The first-order valence-corrected chi connectivity index (χ1v) is 9.05. The third kappa shape index (κ3) is 4.60. The fraction of sp³-hybridized carbons (Fsp3) is 0.273. The molecule has 1 aliphatic heterocycles. The molecule has 0 saturated heterocycles. The van der Waals surface area contributed by atoms with Gasteiger partial charge in [-0.25, -0.2) is 0 Å². The molecule has 3 rings (SSSR count). The van der Waals surface area contributed by atoms with Gasteiger partial charge < -0.3 is 9.88 Å². The molecule has 2 aromatic rings. The second-order valence-corrected chi connectivity index (χ2v) is 6.62. The van der Waals surface area contributed by atoms with Crippen LogP contribution in [0.2, 0.25) is 0 Å². The molecule has 0 bridgehead atoms. The molecule has 0 amide bonds. The molecule has 4 heteroatoms. The molecule has 1 aromatic heterocycles. The van der Waals surface area contributed by atoms with Gasteiger partial charge in [-0.2, -0.15) is 0 Å². The number of nitrogens with one attached hydrogen (secondary N) is 1. The molecule has 0 aliphatic carbocycles. The molecule has 1 aliphatic rings. The number of dihydropyridines is 1. The highest BCUT2D eigenvalue weighted by atomic mass is 16.1. The van der Waals surface area contributed by atoms with Gasteiger partial charge in [-0.1, -0.05) is 37.3 Å². The smallest absolute Gasteiger partial charge is 0.250 e. The minimum Gasteiger partial charge on any atom is -0.387 e. The number of benzene rings is 1. The van der Waals surface area contributed by atoms with E-state index in [1.807, 2.05) is 25.3 Å². The Balaban J connectivity index is 1.66. The minimum atomic E-state index is 0.00563. The highest BCUT2D eigenvalue weighted by Crippen LogP contribution is 2.16. The number of carbonyl (C=O) groups is 1. The lowest BCUT2D eigenvalue weighted by molar-refractivity contribution is -0.115. The van der Waals surface area contributed by atoms with Crippen LogP contribution in [0.5, 0.6) is 0 Å². The number of aromatic nitrogens is 1. The summed E-state index contributed by atoms with van der Waals surface area (Å²) in [5.41, 5.74) is 4.28. The molecule has 4 nitrogen and oxygen atoms in total. The Kier molecular flexibility index (Phi) is 5.84. The van der Waals surface area contributed by atoms with Crippen LogP contribution in [0.25, 0.3) is 0 Å². The van der Waals surface area contributed by atoms with Crippen molar-refractivity contribution >= 4 is 5.78 Å². The van der Waals surface area contributed by atoms with Crippen LogP contribution in [0, 0.1) is 0 Å². The fourth-order valence-corrected chi connectivity index (χ4v) is 3.06. The van der Waals surface area contributed by atoms with Gasteiger partial charge in [0.15, 0.2) is 5.78 Å². The number of carbonyl (C=O) groups excluding carboxylic acids is 1. The van der Waals surface area contributed by atoms with Crippen LogP contribution in [-0.4, -0.2) is 16.9 Å². The van der Waals surface area contributed by atoms with Crippen molar-refractivity contribution < 1.29 is 4.79 Å². The van der Waals surface area contributed by atoms with Crippen LogP contribution in [0.15, 0.2) is 76.9 Å². The Morgan fingerprint density at radius 3 is 2.62 bits per heavy atom. The highest BCUT2D eigenvalue weighted by Gasteiger charge is 2.12. The van der Waals surface area contributed by atoms with E-state index < -0.39 is 0 Å². The average Bonchev–Trinajstić information content (AvgIpc) is 2.66. The van der Waals surface area contributed by atoms with Gasteiger partial charge in [0.25, 0.3) is 5.56 Å². The summed E-state index contributed by atoms with van der Waals surface area (Å²) in [5.74, 6) is 0.195.